The maximum atomic E-state index is 13.4. The average Bonchev–Trinajstić information content (AvgIpc) is 2.97. The van der Waals surface area contributed by atoms with Crippen LogP contribution in [-0.2, 0) is 10.3 Å². The molecule has 2 heterocycles. The maximum absolute atomic E-state index is 13.4. The summed E-state index contributed by atoms with van der Waals surface area (Å²) < 4.78 is 24.5. The highest BCUT2D eigenvalue weighted by molar-refractivity contribution is 6.09. The van der Waals surface area contributed by atoms with Crippen LogP contribution < -0.4 is 14.2 Å². The molecule has 2 atom stereocenters. The highest BCUT2D eigenvalue weighted by Crippen LogP contribution is 2.50. The van der Waals surface area contributed by atoms with Crippen LogP contribution in [0, 0.1) is 0 Å². The molecule has 0 saturated heterocycles. The molecule has 0 aliphatic carbocycles. The van der Waals surface area contributed by atoms with E-state index in [1.165, 1.54) is 0 Å². The van der Waals surface area contributed by atoms with Crippen LogP contribution in [0.1, 0.15) is 59.7 Å². The predicted octanol–water partition coefficient (Wildman–Crippen LogP) is 7.65. The van der Waals surface area contributed by atoms with E-state index in [1.807, 2.05) is 78.9 Å². The van der Waals surface area contributed by atoms with Crippen molar-refractivity contribution in [1.29, 1.82) is 0 Å². The summed E-state index contributed by atoms with van der Waals surface area (Å²) in [5.74, 6) is 1.60. The van der Waals surface area contributed by atoms with Crippen LogP contribution in [-0.4, -0.2) is 19.4 Å². The molecular formula is C33H30O5. The second kappa shape index (κ2) is 9.90. The second-order valence-electron chi connectivity index (χ2n) is 9.71. The van der Waals surface area contributed by atoms with E-state index < -0.39 is 11.9 Å². The zero-order chi connectivity index (χ0) is 26.1. The van der Waals surface area contributed by atoms with Gasteiger partial charge in [0.25, 0.3) is 0 Å². The fourth-order valence-electron chi connectivity index (χ4n) is 5.40. The summed E-state index contributed by atoms with van der Waals surface area (Å²) in [4.78, 5) is 13.4. The van der Waals surface area contributed by atoms with E-state index in [-0.39, 0.29) is 5.97 Å². The lowest BCUT2D eigenvalue weighted by molar-refractivity contribution is -0.0639. The van der Waals surface area contributed by atoms with Crippen molar-refractivity contribution in [3.8, 4) is 17.2 Å². The summed E-state index contributed by atoms with van der Waals surface area (Å²) in [5.41, 5.74) is 2.11. The molecule has 192 valence electrons. The lowest BCUT2D eigenvalue weighted by Gasteiger charge is -2.38. The fourth-order valence-corrected chi connectivity index (χ4v) is 5.40. The number of hydrogen-bond donors (Lipinski definition) is 0. The highest BCUT2D eigenvalue weighted by atomic mass is 16.7. The third-order valence-electron chi connectivity index (χ3n) is 7.36. The zero-order valence-corrected chi connectivity index (χ0v) is 21.6. The standard InChI is InChI=1S/C33H30O5/c1-3-4-6-15-28-36-31-26-14-10-9-13-25(26)30-27(29(31)32(34)37-28)20-21-33(38-30,22-11-7-5-8-12-22)23-16-18-24(35-2)19-17-23/h5,7-14,16-21,28H,3-4,6,15H2,1-2H3. The third kappa shape index (κ3) is 3.99. The van der Waals surface area contributed by atoms with Crippen molar-refractivity contribution < 1.29 is 23.7 Å². The first kappa shape index (κ1) is 24.1. The van der Waals surface area contributed by atoms with Crippen molar-refractivity contribution >= 4 is 22.8 Å². The Kier molecular flexibility index (Phi) is 6.28. The highest BCUT2D eigenvalue weighted by Gasteiger charge is 2.41. The van der Waals surface area contributed by atoms with Gasteiger partial charge in [0.05, 0.1) is 7.11 Å². The molecule has 0 fully saturated rings. The maximum Gasteiger partial charge on any atom is 0.345 e. The summed E-state index contributed by atoms with van der Waals surface area (Å²) in [7, 11) is 1.65. The third-order valence-corrected chi connectivity index (χ3v) is 7.36. The van der Waals surface area contributed by atoms with Crippen molar-refractivity contribution in [2.24, 2.45) is 0 Å². The monoisotopic (exact) mass is 506 g/mol. The molecule has 0 spiro atoms. The van der Waals surface area contributed by atoms with Gasteiger partial charge in [0, 0.05) is 33.9 Å². The summed E-state index contributed by atoms with van der Waals surface area (Å²) in [6, 6.07) is 25.9. The number of esters is 1. The SMILES string of the molecule is CCCCCC1OC(=O)c2c3c(c4ccccc4c2O1)OC(c1ccccc1)(c1ccc(OC)cc1)C=C3. The van der Waals surface area contributed by atoms with E-state index in [0.29, 0.717) is 29.0 Å². The molecule has 4 aromatic rings. The largest absolute Gasteiger partial charge is 0.497 e. The Bertz CT molecular complexity index is 1510. The molecule has 0 saturated carbocycles. The first-order valence-corrected chi connectivity index (χ1v) is 13.2. The Morgan fingerprint density at radius 3 is 2.21 bits per heavy atom. The Balaban J connectivity index is 1.53. The molecule has 0 amide bonds. The van der Waals surface area contributed by atoms with Crippen LogP contribution in [0.15, 0.2) is 84.9 Å². The van der Waals surface area contributed by atoms with Gasteiger partial charge in [-0.2, -0.15) is 0 Å². The molecule has 0 radical (unpaired) electrons. The Morgan fingerprint density at radius 1 is 0.816 bits per heavy atom. The summed E-state index contributed by atoms with van der Waals surface area (Å²) >= 11 is 0. The number of hydrogen-bond acceptors (Lipinski definition) is 5. The molecule has 4 aromatic carbocycles. The minimum Gasteiger partial charge on any atom is -0.497 e. The van der Waals surface area contributed by atoms with E-state index in [9.17, 15) is 4.79 Å². The lowest BCUT2D eigenvalue weighted by atomic mass is 9.82. The Morgan fingerprint density at radius 2 is 1.50 bits per heavy atom. The van der Waals surface area contributed by atoms with E-state index in [4.69, 9.17) is 18.9 Å². The van der Waals surface area contributed by atoms with Gasteiger partial charge < -0.3 is 18.9 Å². The number of fused-ring (bicyclic) bond motifs is 6. The first-order valence-electron chi connectivity index (χ1n) is 13.2. The minimum atomic E-state index is -0.903. The van der Waals surface area contributed by atoms with Gasteiger partial charge in [-0.1, -0.05) is 86.5 Å². The van der Waals surface area contributed by atoms with Crippen molar-refractivity contribution in [1.82, 2.24) is 0 Å². The molecule has 0 aromatic heterocycles. The van der Waals surface area contributed by atoms with Gasteiger partial charge in [0.2, 0.25) is 6.29 Å². The number of benzene rings is 4. The quantitative estimate of drug-likeness (QED) is 0.190. The number of methoxy groups -OCH3 is 1. The van der Waals surface area contributed by atoms with E-state index in [0.717, 1.165) is 46.9 Å². The normalized spacial score (nSPS) is 19.6. The number of carbonyl (C=O) groups is 1. The minimum absolute atomic E-state index is 0.375. The van der Waals surface area contributed by atoms with Gasteiger partial charge in [-0.15, -0.1) is 0 Å². The first-order chi connectivity index (χ1) is 18.6. The van der Waals surface area contributed by atoms with Crippen LogP contribution in [0.4, 0.5) is 0 Å². The number of ether oxygens (including phenoxy) is 4. The molecule has 5 heteroatoms. The van der Waals surface area contributed by atoms with E-state index in [2.05, 4.69) is 19.1 Å². The van der Waals surface area contributed by atoms with Gasteiger partial charge >= 0.3 is 5.97 Å². The summed E-state index contributed by atoms with van der Waals surface area (Å²) in [6.45, 7) is 2.15. The molecule has 38 heavy (non-hydrogen) atoms. The number of rotatable bonds is 7. The predicted molar refractivity (Wildman–Crippen MR) is 148 cm³/mol. The van der Waals surface area contributed by atoms with Crippen LogP contribution in [0.25, 0.3) is 16.8 Å². The van der Waals surface area contributed by atoms with Gasteiger partial charge in [-0.25, -0.2) is 4.79 Å². The summed E-state index contributed by atoms with van der Waals surface area (Å²) in [5, 5.41) is 1.73. The topological polar surface area (TPSA) is 54.0 Å². The molecular weight excluding hydrogens is 476 g/mol. The van der Waals surface area contributed by atoms with Gasteiger partial charge in [0.1, 0.15) is 22.8 Å². The van der Waals surface area contributed by atoms with Crippen LogP contribution in [0.3, 0.4) is 0 Å². The Hall–Kier alpha value is -4.25. The molecule has 2 unspecified atom stereocenters. The molecule has 2 aliphatic rings. The zero-order valence-electron chi connectivity index (χ0n) is 21.6. The van der Waals surface area contributed by atoms with Crippen LogP contribution >= 0.6 is 0 Å². The van der Waals surface area contributed by atoms with Crippen molar-refractivity contribution in [2.75, 3.05) is 7.11 Å². The van der Waals surface area contributed by atoms with E-state index in [1.54, 1.807) is 7.11 Å². The second-order valence-corrected chi connectivity index (χ2v) is 9.71. The molecule has 6 rings (SSSR count). The van der Waals surface area contributed by atoms with Gasteiger partial charge in [-0.05, 0) is 30.7 Å². The van der Waals surface area contributed by atoms with Crippen LogP contribution in [0.2, 0.25) is 0 Å². The molecule has 0 bridgehead atoms. The van der Waals surface area contributed by atoms with Gasteiger partial charge in [-0.3, -0.25) is 0 Å². The molecule has 0 N–H and O–H groups in total. The molecule has 5 nitrogen and oxygen atoms in total. The van der Waals surface area contributed by atoms with Crippen molar-refractivity contribution in [3.63, 3.8) is 0 Å². The summed E-state index contributed by atoms with van der Waals surface area (Å²) in [6.07, 6.45) is 7.18. The van der Waals surface area contributed by atoms with E-state index >= 15 is 0 Å². The average molecular weight is 507 g/mol. The number of cyclic esters (lactones) is 1. The lowest BCUT2D eigenvalue weighted by Crippen LogP contribution is -2.36. The van der Waals surface area contributed by atoms with Crippen LogP contribution in [0.5, 0.6) is 17.2 Å². The smallest absolute Gasteiger partial charge is 0.345 e. The fraction of sp³-hybridized carbons (Fsp3) is 0.242. The van der Waals surface area contributed by atoms with Crippen molar-refractivity contribution in [3.05, 3.63) is 107 Å². The number of unbranched alkanes of at least 4 members (excludes halogenated alkanes) is 2. The van der Waals surface area contributed by atoms with Crippen molar-refractivity contribution in [2.45, 2.75) is 44.5 Å². The Labute approximate surface area is 222 Å². The molecule has 2 aliphatic heterocycles. The van der Waals surface area contributed by atoms with Gasteiger partial charge in [0.15, 0.2) is 5.60 Å². The number of carbonyl (C=O) groups excluding carboxylic acids is 1.